The third-order valence-electron chi connectivity index (χ3n) is 6.00. The molecule has 6 heteroatoms. The number of hydrogen-bond acceptors (Lipinski definition) is 2. The van der Waals surface area contributed by atoms with Crippen molar-refractivity contribution in [2.24, 2.45) is 0 Å². The number of nitrogens with one attached hydrogen (secondary N) is 2. The van der Waals surface area contributed by atoms with Crippen LogP contribution >= 0.6 is 11.6 Å². The van der Waals surface area contributed by atoms with Crippen molar-refractivity contribution >= 4 is 34.2 Å². The number of carbonyl (C=O) groups is 1. The second-order valence-corrected chi connectivity index (χ2v) is 8.50. The van der Waals surface area contributed by atoms with E-state index in [0.29, 0.717) is 16.3 Å². The van der Waals surface area contributed by atoms with Gasteiger partial charge in [0.15, 0.2) is 0 Å². The number of fused-ring (bicyclic) bond motifs is 1. The fourth-order valence-electron chi connectivity index (χ4n) is 4.25. The Labute approximate surface area is 181 Å². The lowest BCUT2D eigenvalue weighted by atomic mass is 10.0. The van der Waals surface area contributed by atoms with Crippen LogP contribution in [-0.4, -0.2) is 22.0 Å². The van der Waals surface area contributed by atoms with Gasteiger partial charge in [0.2, 0.25) is 0 Å². The number of benzene rings is 2. The molecule has 1 aliphatic carbocycles. The molecule has 0 spiro atoms. The van der Waals surface area contributed by atoms with E-state index >= 15 is 0 Å². The van der Waals surface area contributed by atoms with Crippen molar-refractivity contribution in [3.05, 3.63) is 74.5 Å². The van der Waals surface area contributed by atoms with Gasteiger partial charge in [0, 0.05) is 17.0 Å². The number of rotatable bonds is 4. The molecule has 2 N–H and O–H groups in total. The van der Waals surface area contributed by atoms with E-state index in [0.717, 1.165) is 47.7 Å². The zero-order valence-corrected chi connectivity index (χ0v) is 18.1. The van der Waals surface area contributed by atoms with Gasteiger partial charge in [0.25, 0.3) is 5.56 Å². The molecule has 1 heterocycles. The Balaban J connectivity index is 1.68. The van der Waals surface area contributed by atoms with Gasteiger partial charge in [-0.2, -0.15) is 0 Å². The molecule has 2 amide bonds. The highest BCUT2D eigenvalue weighted by atomic mass is 35.5. The van der Waals surface area contributed by atoms with E-state index in [1.165, 1.54) is 0 Å². The van der Waals surface area contributed by atoms with E-state index in [4.69, 9.17) is 11.6 Å². The molecule has 1 fully saturated rings. The number of aromatic amines is 1. The number of pyridine rings is 1. The molecule has 4 rings (SSSR count). The van der Waals surface area contributed by atoms with Crippen LogP contribution in [0.25, 0.3) is 10.9 Å². The number of amides is 2. The van der Waals surface area contributed by atoms with Crippen LogP contribution in [0.3, 0.4) is 0 Å². The second-order valence-electron chi connectivity index (χ2n) is 8.09. The van der Waals surface area contributed by atoms with Crippen molar-refractivity contribution in [2.45, 2.75) is 52.1 Å². The zero-order chi connectivity index (χ0) is 21.3. The fraction of sp³-hybridized carbons (Fsp3) is 0.333. The molecule has 2 aromatic carbocycles. The number of urea groups is 1. The molecule has 0 radical (unpaired) electrons. The number of aryl methyl sites for hydroxylation is 2. The molecule has 1 saturated carbocycles. The summed E-state index contributed by atoms with van der Waals surface area (Å²) in [7, 11) is 0. The maximum absolute atomic E-state index is 13.2. The molecule has 0 bridgehead atoms. The lowest BCUT2D eigenvalue weighted by molar-refractivity contribution is 0.184. The molecule has 0 unspecified atom stereocenters. The van der Waals surface area contributed by atoms with Gasteiger partial charge < -0.3 is 15.2 Å². The highest BCUT2D eigenvalue weighted by Gasteiger charge is 2.28. The Hall–Kier alpha value is -2.79. The van der Waals surface area contributed by atoms with E-state index in [1.807, 2.05) is 38.1 Å². The minimum atomic E-state index is -0.226. The number of anilines is 1. The molecular formula is C24H26ClN3O2. The monoisotopic (exact) mass is 423 g/mol. The largest absolute Gasteiger partial charge is 0.322 e. The van der Waals surface area contributed by atoms with Crippen molar-refractivity contribution in [2.75, 3.05) is 5.32 Å². The van der Waals surface area contributed by atoms with Crippen molar-refractivity contribution in [1.29, 1.82) is 0 Å². The molecule has 5 nitrogen and oxygen atoms in total. The standard InChI is InChI=1S/C24H26ClN3O2/c1-15-11-12-16(2)22-19(15)13-17(23(29)27-22)14-28(18-7-3-4-8-18)24(30)26-21-10-6-5-9-20(21)25/h5-6,9-13,18H,3-4,7-8,14H2,1-2H3,(H,26,30)(H,27,29). The summed E-state index contributed by atoms with van der Waals surface area (Å²) in [4.78, 5) is 30.9. The zero-order valence-electron chi connectivity index (χ0n) is 17.3. The third kappa shape index (κ3) is 4.08. The van der Waals surface area contributed by atoms with E-state index in [2.05, 4.69) is 16.4 Å². The maximum atomic E-state index is 13.2. The van der Waals surface area contributed by atoms with Crippen molar-refractivity contribution < 1.29 is 4.79 Å². The smallest absolute Gasteiger partial charge is 0.321 e. The first-order chi connectivity index (χ1) is 14.4. The number of H-pyrrole nitrogens is 1. The first-order valence-corrected chi connectivity index (χ1v) is 10.8. The molecule has 1 aromatic heterocycles. The minimum Gasteiger partial charge on any atom is -0.321 e. The normalized spacial score (nSPS) is 14.2. The molecule has 156 valence electrons. The van der Waals surface area contributed by atoms with Gasteiger partial charge in [0.05, 0.1) is 22.8 Å². The molecule has 3 aromatic rings. The van der Waals surface area contributed by atoms with E-state index in [9.17, 15) is 9.59 Å². The number of aromatic nitrogens is 1. The summed E-state index contributed by atoms with van der Waals surface area (Å²) in [6, 6.07) is 13.1. The number of para-hydroxylation sites is 1. The third-order valence-corrected chi connectivity index (χ3v) is 6.33. The first kappa shape index (κ1) is 20.5. The summed E-state index contributed by atoms with van der Waals surface area (Å²) < 4.78 is 0. The number of hydrogen-bond donors (Lipinski definition) is 2. The van der Waals surface area contributed by atoms with Gasteiger partial charge in [0.1, 0.15) is 0 Å². The average molecular weight is 424 g/mol. The minimum absolute atomic E-state index is 0.112. The number of carbonyl (C=O) groups excluding carboxylic acids is 1. The molecule has 0 saturated heterocycles. The van der Waals surface area contributed by atoms with Gasteiger partial charge in [-0.3, -0.25) is 4.79 Å². The van der Waals surface area contributed by atoms with Crippen LogP contribution in [0.15, 0.2) is 47.3 Å². The summed E-state index contributed by atoms with van der Waals surface area (Å²) in [6.45, 7) is 4.28. The van der Waals surface area contributed by atoms with Crippen LogP contribution in [0.4, 0.5) is 10.5 Å². The van der Waals surface area contributed by atoms with Crippen LogP contribution in [0.1, 0.15) is 42.4 Å². The van der Waals surface area contributed by atoms with Gasteiger partial charge >= 0.3 is 6.03 Å². The summed E-state index contributed by atoms with van der Waals surface area (Å²) in [5.74, 6) is 0. The van der Waals surface area contributed by atoms with Crippen LogP contribution in [0.2, 0.25) is 5.02 Å². The first-order valence-electron chi connectivity index (χ1n) is 10.4. The topological polar surface area (TPSA) is 65.2 Å². The Kier molecular flexibility index (Phi) is 5.82. The Morgan fingerprint density at radius 2 is 1.83 bits per heavy atom. The molecular weight excluding hydrogens is 398 g/mol. The highest BCUT2D eigenvalue weighted by Crippen LogP contribution is 2.28. The molecule has 1 aliphatic rings. The van der Waals surface area contributed by atoms with Crippen LogP contribution in [0, 0.1) is 13.8 Å². The van der Waals surface area contributed by atoms with E-state index < -0.39 is 0 Å². The number of halogens is 1. The average Bonchev–Trinajstić information content (AvgIpc) is 3.25. The quantitative estimate of drug-likeness (QED) is 0.559. The Morgan fingerprint density at radius 3 is 2.57 bits per heavy atom. The van der Waals surface area contributed by atoms with Crippen molar-refractivity contribution in [1.82, 2.24) is 9.88 Å². The molecule has 0 atom stereocenters. The van der Waals surface area contributed by atoms with Crippen molar-refractivity contribution in [3.63, 3.8) is 0 Å². The van der Waals surface area contributed by atoms with Gasteiger partial charge in [-0.25, -0.2) is 4.79 Å². The van der Waals surface area contributed by atoms with Crippen LogP contribution in [-0.2, 0) is 6.54 Å². The van der Waals surface area contributed by atoms with Crippen molar-refractivity contribution in [3.8, 4) is 0 Å². The molecule has 30 heavy (non-hydrogen) atoms. The lowest BCUT2D eigenvalue weighted by Crippen LogP contribution is -2.42. The van der Waals surface area contributed by atoms with E-state index in [-0.39, 0.29) is 24.2 Å². The summed E-state index contributed by atoms with van der Waals surface area (Å²) in [6.07, 6.45) is 4.07. The Morgan fingerprint density at radius 1 is 1.13 bits per heavy atom. The Bertz CT molecular complexity index is 1150. The van der Waals surface area contributed by atoms with Crippen LogP contribution < -0.4 is 10.9 Å². The van der Waals surface area contributed by atoms with E-state index in [1.54, 1.807) is 17.0 Å². The number of nitrogens with zero attached hydrogens (tertiary/aromatic N) is 1. The van der Waals surface area contributed by atoms with Crippen LogP contribution in [0.5, 0.6) is 0 Å². The lowest BCUT2D eigenvalue weighted by Gasteiger charge is -2.29. The maximum Gasteiger partial charge on any atom is 0.322 e. The van der Waals surface area contributed by atoms with Gasteiger partial charge in [-0.15, -0.1) is 0 Å². The predicted molar refractivity (Wildman–Crippen MR) is 122 cm³/mol. The van der Waals surface area contributed by atoms with Gasteiger partial charge in [-0.1, -0.05) is 48.7 Å². The summed E-state index contributed by atoms with van der Waals surface area (Å²) >= 11 is 6.23. The molecule has 0 aliphatic heterocycles. The fourth-order valence-corrected chi connectivity index (χ4v) is 4.43. The highest BCUT2D eigenvalue weighted by molar-refractivity contribution is 6.33. The predicted octanol–water partition coefficient (Wildman–Crippen LogP) is 5.78. The summed E-state index contributed by atoms with van der Waals surface area (Å²) in [5, 5.41) is 4.44. The second kappa shape index (κ2) is 8.52. The SMILES string of the molecule is Cc1ccc(C)c2[nH]c(=O)c(CN(C(=O)Nc3ccccc3Cl)C3CCCC3)cc12. The summed E-state index contributed by atoms with van der Waals surface area (Å²) in [5.41, 5.74) is 4.01. The van der Waals surface area contributed by atoms with Gasteiger partial charge in [-0.05, 0) is 56.0 Å².